The number of carbonyl (C=O) groups is 2. The van der Waals surface area contributed by atoms with Gasteiger partial charge in [-0.25, -0.2) is 0 Å². The summed E-state index contributed by atoms with van der Waals surface area (Å²) in [5.41, 5.74) is 2.89. The monoisotopic (exact) mass is 490 g/mol. The molecule has 1 atom stereocenters. The minimum atomic E-state index is -0.602. The lowest BCUT2D eigenvalue weighted by atomic mass is 10.1. The van der Waals surface area contributed by atoms with Gasteiger partial charge in [-0.15, -0.1) is 0 Å². The minimum Gasteiger partial charge on any atom is -0.483 e. The minimum absolute atomic E-state index is 0.121. The molecule has 1 N–H and O–H groups in total. The van der Waals surface area contributed by atoms with Crippen LogP contribution >= 0.6 is 23.2 Å². The Bertz CT molecular complexity index is 989. The molecule has 33 heavy (non-hydrogen) atoms. The van der Waals surface area contributed by atoms with Crippen LogP contribution in [-0.2, 0) is 16.1 Å². The first-order chi connectivity index (χ1) is 15.8. The molecule has 1 fully saturated rings. The average Bonchev–Trinajstić information content (AvgIpc) is 3.28. The molecule has 1 saturated carbocycles. The van der Waals surface area contributed by atoms with Crippen molar-refractivity contribution in [1.29, 1.82) is 0 Å². The summed E-state index contributed by atoms with van der Waals surface area (Å²) in [5.74, 6) is 0.283. The standard InChI is InChI=1S/C26H32Cl2N2O3/c1-4-23(26(32)29-20-7-5-6-8-20)30(15-19-10-11-21(27)22(28)14-19)25(31)16-33-24-12-9-17(2)13-18(24)3/h9-14,20,23H,4-8,15-16H2,1-3H3,(H,29,32)/t23-/m0/s1. The molecule has 5 nitrogen and oxygen atoms in total. The van der Waals surface area contributed by atoms with Gasteiger partial charge in [0.25, 0.3) is 5.91 Å². The van der Waals surface area contributed by atoms with Crippen LogP contribution < -0.4 is 10.1 Å². The van der Waals surface area contributed by atoms with E-state index in [9.17, 15) is 9.59 Å². The first-order valence-electron chi connectivity index (χ1n) is 11.5. The van der Waals surface area contributed by atoms with Crippen molar-refractivity contribution in [3.8, 4) is 5.75 Å². The number of halogens is 2. The first kappa shape index (κ1) is 25.4. The maximum absolute atomic E-state index is 13.4. The fraction of sp³-hybridized carbons (Fsp3) is 0.462. The number of rotatable bonds is 9. The Balaban J connectivity index is 1.79. The van der Waals surface area contributed by atoms with Gasteiger partial charge in [-0.3, -0.25) is 9.59 Å². The number of amides is 2. The number of nitrogens with one attached hydrogen (secondary N) is 1. The topological polar surface area (TPSA) is 58.6 Å². The molecule has 2 aromatic carbocycles. The molecular weight excluding hydrogens is 459 g/mol. The van der Waals surface area contributed by atoms with E-state index in [1.54, 1.807) is 17.0 Å². The lowest BCUT2D eigenvalue weighted by Crippen LogP contribution is -2.52. The van der Waals surface area contributed by atoms with Crippen LogP contribution in [0.4, 0.5) is 0 Å². The molecule has 0 aliphatic heterocycles. The molecule has 1 aliphatic carbocycles. The van der Waals surface area contributed by atoms with Crippen molar-refractivity contribution in [3.63, 3.8) is 0 Å². The molecule has 0 spiro atoms. The molecule has 3 rings (SSSR count). The number of ether oxygens (including phenoxy) is 1. The van der Waals surface area contributed by atoms with Crippen LogP contribution in [0.1, 0.15) is 55.7 Å². The summed E-state index contributed by atoms with van der Waals surface area (Å²) in [5, 5.41) is 4.00. The fourth-order valence-corrected chi connectivity index (χ4v) is 4.63. The average molecular weight is 491 g/mol. The third kappa shape index (κ3) is 6.87. The van der Waals surface area contributed by atoms with Crippen molar-refractivity contribution >= 4 is 35.0 Å². The molecule has 1 aliphatic rings. The van der Waals surface area contributed by atoms with E-state index >= 15 is 0 Å². The summed E-state index contributed by atoms with van der Waals surface area (Å²) >= 11 is 12.3. The van der Waals surface area contributed by atoms with Crippen LogP contribution in [0.2, 0.25) is 10.0 Å². The van der Waals surface area contributed by atoms with Crippen molar-refractivity contribution in [3.05, 3.63) is 63.1 Å². The van der Waals surface area contributed by atoms with E-state index in [0.717, 1.165) is 42.4 Å². The van der Waals surface area contributed by atoms with Crippen molar-refractivity contribution in [2.45, 2.75) is 71.5 Å². The maximum atomic E-state index is 13.4. The molecule has 7 heteroatoms. The predicted molar refractivity (Wildman–Crippen MR) is 133 cm³/mol. The Hall–Kier alpha value is -2.24. The van der Waals surface area contributed by atoms with Gasteiger partial charge >= 0.3 is 0 Å². The number of benzene rings is 2. The number of aryl methyl sites for hydroxylation is 2. The lowest BCUT2D eigenvalue weighted by molar-refractivity contribution is -0.143. The zero-order valence-electron chi connectivity index (χ0n) is 19.5. The molecule has 0 saturated heterocycles. The summed E-state index contributed by atoms with van der Waals surface area (Å²) in [6.45, 7) is 5.96. The largest absolute Gasteiger partial charge is 0.483 e. The number of hydrogen-bond donors (Lipinski definition) is 1. The highest BCUT2D eigenvalue weighted by Gasteiger charge is 2.31. The summed E-state index contributed by atoms with van der Waals surface area (Å²) < 4.78 is 5.85. The van der Waals surface area contributed by atoms with Crippen LogP contribution in [0, 0.1) is 13.8 Å². The van der Waals surface area contributed by atoms with Crippen molar-refractivity contribution in [2.24, 2.45) is 0 Å². The Kier molecular flexibility index (Phi) is 9.04. The lowest BCUT2D eigenvalue weighted by Gasteiger charge is -2.31. The van der Waals surface area contributed by atoms with Crippen LogP contribution in [0.15, 0.2) is 36.4 Å². The van der Waals surface area contributed by atoms with Crippen LogP contribution in [0.25, 0.3) is 0 Å². The SMILES string of the molecule is CC[C@@H](C(=O)NC1CCCC1)N(Cc1ccc(Cl)c(Cl)c1)C(=O)COc1ccc(C)cc1C. The highest BCUT2D eigenvalue weighted by molar-refractivity contribution is 6.42. The van der Waals surface area contributed by atoms with E-state index in [1.165, 1.54) is 0 Å². The van der Waals surface area contributed by atoms with Gasteiger partial charge in [-0.1, -0.05) is 66.7 Å². The van der Waals surface area contributed by atoms with Crippen molar-refractivity contribution in [1.82, 2.24) is 10.2 Å². The highest BCUT2D eigenvalue weighted by atomic mass is 35.5. The fourth-order valence-electron chi connectivity index (χ4n) is 4.31. The quantitative estimate of drug-likeness (QED) is 0.479. The second-order valence-electron chi connectivity index (χ2n) is 8.74. The second-order valence-corrected chi connectivity index (χ2v) is 9.56. The third-order valence-electron chi connectivity index (χ3n) is 6.11. The van der Waals surface area contributed by atoms with E-state index in [-0.39, 0.29) is 31.0 Å². The van der Waals surface area contributed by atoms with Crippen LogP contribution in [-0.4, -0.2) is 35.4 Å². The summed E-state index contributed by atoms with van der Waals surface area (Å²) in [4.78, 5) is 28.1. The number of nitrogens with zero attached hydrogens (tertiary/aromatic N) is 1. The second kappa shape index (κ2) is 11.8. The predicted octanol–water partition coefficient (Wildman–Crippen LogP) is 5.86. The van der Waals surface area contributed by atoms with Crippen molar-refractivity contribution in [2.75, 3.05) is 6.61 Å². The number of carbonyl (C=O) groups excluding carboxylic acids is 2. The zero-order valence-corrected chi connectivity index (χ0v) is 21.0. The molecule has 2 amide bonds. The van der Waals surface area contributed by atoms with E-state index in [1.807, 2.05) is 45.0 Å². The van der Waals surface area contributed by atoms with Gasteiger partial charge in [0.1, 0.15) is 11.8 Å². The smallest absolute Gasteiger partial charge is 0.261 e. The van der Waals surface area contributed by atoms with E-state index < -0.39 is 6.04 Å². The van der Waals surface area contributed by atoms with Gasteiger partial charge in [0.15, 0.2) is 6.61 Å². The van der Waals surface area contributed by atoms with Gasteiger partial charge in [-0.2, -0.15) is 0 Å². The summed E-state index contributed by atoms with van der Waals surface area (Å²) in [7, 11) is 0. The molecule has 178 valence electrons. The molecule has 0 bridgehead atoms. The zero-order chi connectivity index (χ0) is 24.0. The van der Waals surface area contributed by atoms with E-state index in [2.05, 4.69) is 5.32 Å². The highest BCUT2D eigenvalue weighted by Crippen LogP contribution is 2.25. The Morgan fingerprint density at radius 3 is 2.45 bits per heavy atom. The summed E-state index contributed by atoms with van der Waals surface area (Å²) in [6, 6.07) is 10.7. The van der Waals surface area contributed by atoms with Gasteiger partial charge in [0.2, 0.25) is 5.91 Å². The first-order valence-corrected chi connectivity index (χ1v) is 12.3. The number of hydrogen-bond acceptors (Lipinski definition) is 3. The Morgan fingerprint density at radius 1 is 1.09 bits per heavy atom. The maximum Gasteiger partial charge on any atom is 0.261 e. The molecule has 0 heterocycles. The van der Waals surface area contributed by atoms with Gasteiger partial charge in [0.05, 0.1) is 10.0 Å². The molecule has 0 unspecified atom stereocenters. The van der Waals surface area contributed by atoms with Crippen LogP contribution in [0.5, 0.6) is 5.75 Å². The Labute approximate surface area is 206 Å². The van der Waals surface area contributed by atoms with Crippen LogP contribution in [0.3, 0.4) is 0 Å². The van der Waals surface area contributed by atoms with E-state index in [0.29, 0.717) is 22.2 Å². The normalized spacial score (nSPS) is 14.7. The Morgan fingerprint density at radius 2 is 1.82 bits per heavy atom. The van der Waals surface area contributed by atoms with Gasteiger partial charge in [0, 0.05) is 12.6 Å². The van der Waals surface area contributed by atoms with Gasteiger partial charge in [-0.05, 0) is 62.4 Å². The van der Waals surface area contributed by atoms with Crippen molar-refractivity contribution < 1.29 is 14.3 Å². The molecule has 0 aromatic heterocycles. The van der Waals surface area contributed by atoms with E-state index in [4.69, 9.17) is 27.9 Å². The third-order valence-corrected chi connectivity index (χ3v) is 6.85. The molecule has 0 radical (unpaired) electrons. The summed E-state index contributed by atoms with van der Waals surface area (Å²) in [6.07, 6.45) is 4.71. The molecular formula is C26H32Cl2N2O3. The van der Waals surface area contributed by atoms with Gasteiger partial charge < -0.3 is 15.0 Å². The molecule has 2 aromatic rings.